The molecule has 28 heavy (non-hydrogen) atoms. The highest BCUT2D eigenvalue weighted by Crippen LogP contribution is 2.32. The van der Waals surface area contributed by atoms with Crippen LogP contribution in [0, 0.1) is 0 Å². The van der Waals surface area contributed by atoms with Crippen LogP contribution in [0.5, 0.6) is 0 Å². The van der Waals surface area contributed by atoms with Gasteiger partial charge in [0.15, 0.2) is 0 Å². The second kappa shape index (κ2) is 7.84. The first-order chi connectivity index (χ1) is 13.6. The number of thiophene rings is 1. The third-order valence-corrected chi connectivity index (χ3v) is 5.80. The Morgan fingerprint density at radius 3 is 2.50 bits per heavy atom. The van der Waals surface area contributed by atoms with Gasteiger partial charge >= 0.3 is 0 Å². The largest absolute Gasteiger partial charge is 0.289 e. The van der Waals surface area contributed by atoms with Gasteiger partial charge < -0.3 is 0 Å². The zero-order valence-corrected chi connectivity index (χ0v) is 16.3. The van der Waals surface area contributed by atoms with Crippen LogP contribution in [-0.2, 0) is 0 Å². The van der Waals surface area contributed by atoms with Gasteiger partial charge in [0.1, 0.15) is 17.0 Å². The van der Waals surface area contributed by atoms with E-state index in [1.807, 2.05) is 6.07 Å². The lowest BCUT2D eigenvalue weighted by atomic mass is 10.2. The van der Waals surface area contributed by atoms with Crippen molar-refractivity contribution < 1.29 is 9.59 Å². The molecular formula is C16H10ClN7O2S2. The van der Waals surface area contributed by atoms with Crippen LogP contribution in [0.2, 0.25) is 4.34 Å². The lowest BCUT2D eigenvalue weighted by Crippen LogP contribution is -2.41. The Hall–Kier alpha value is -3.15. The molecule has 0 unspecified atom stereocenters. The number of carbonyl (C=O) groups excluding carboxylic acids is 2. The maximum atomic E-state index is 12.2. The fourth-order valence-corrected chi connectivity index (χ4v) is 4.13. The molecule has 140 valence electrons. The van der Waals surface area contributed by atoms with Crippen LogP contribution in [0.15, 0.2) is 48.1 Å². The van der Waals surface area contributed by atoms with Crippen molar-refractivity contribution in [3.05, 3.63) is 63.7 Å². The zero-order valence-electron chi connectivity index (χ0n) is 13.9. The van der Waals surface area contributed by atoms with E-state index in [0.29, 0.717) is 20.6 Å². The second-order valence-corrected chi connectivity index (χ2v) is 7.92. The molecule has 0 saturated carbocycles. The summed E-state index contributed by atoms with van der Waals surface area (Å²) in [6.45, 7) is 0. The Balaban J connectivity index is 1.37. The number of nitrogens with one attached hydrogen (secondary N) is 2. The summed E-state index contributed by atoms with van der Waals surface area (Å²) in [6.07, 6.45) is 1.45. The lowest BCUT2D eigenvalue weighted by Gasteiger charge is -2.06. The monoisotopic (exact) mass is 431 g/mol. The van der Waals surface area contributed by atoms with E-state index in [0.717, 1.165) is 4.88 Å². The van der Waals surface area contributed by atoms with Crippen LogP contribution in [-0.4, -0.2) is 37.0 Å². The normalized spacial score (nSPS) is 10.6. The Labute approximate surface area is 171 Å². The first-order valence-electron chi connectivity index (χ1n) is 7.75. The molecule has 1 aromatic carbocycles. The molecule has 3 heterocycles. The van der Waals surface area contributed by atoms with E-state index in [9.17, 15) is 9.59 Å². The van der Waals surface area contributed by atoms with Crippen molar-refractivity contribution in [2.24, 2.45) is 0 Å². The number of thiazole rings is 1. The summed E-state index contributed by atoms with van der Waals surface area (Å²) >= 11 is 8.62. The number of benzene rings is 1. The fraction of sp³-hybridized carbons (Fsp3) is 0. The van der Waals surface area contributed by atoms with Crippen LogP contribution in [0.25, 0.3) is 15.6 Å². The van der Waals surface area contributed by atoms with E-state index in [-0.39, 0.29) is 5.69 Å². The number of hydrogen-bond acceptors (Lipinski definition) is 8. The Kier molecular flexibility index (Phi) is 5.10. The van der Waals surface area contributed by atoms with E-state index in [1.54, 1.807) is 35.7 Å². The van der Waals surface area contributed by atoms with Gasteiger partial charge in [-0.3, -0.25) is 20.4 Å². The average molecular weight is 432 g/mol. The van der Waals surface area contributed by atoms with Crippen molar-refractivity contribution in [3.8, 4) is 15.6 Å². The number of halogens is 1. The van der Waals surface area contributed by atoms with Gasteiger partial charge in [-0.15, -0.1) is 27.8 Å². The molecule has 0 aliphatic rings. The minimum Gasteiger partial charge on any atom is -0.267 e. The van der Waals surface area contributed by atoms with E-state index in [4.69, 9.17) is 11.6 Å². The summed E-state index contributed by atoms with van der Waals surface area (Å²) in [4.78, 5) is 29.6. The molecule has 0 spiro atoms. The van der Waals surface area contributed by atoms with Crippen molar-refractivity contribution in [2.45, 2.75) is 0 Å². The highest BCUT2D eigenvalue weighted by atomic mass is 35.5. The number of nitrogens with zero attached hydrogens (tertiary/aromatic N) is 5. The predicted octanol–water partition coefficient (Wildman–Crippen LogP) is 2.58. The molecule has 0 aliphatic heterocycles. The van der Waals surface area contributed by atoms with Gasteiger partial charge in [0.05, 0.1) is 14.9 Å². The van der Waals surface area contributed by atoms with E-state index in [1.165, 1.54) is 33.7 Å². The molecule has 2 N–H and O–H groups in total. The number of hydrazine groups is 1. The van der Waals surface area contributed by atoms with Crippen LogP contribution in [0.4, 0.5) is 0 Å². The quantitative estimate of drug-likeness (QED) is 0.480. The summed E-state index contributed by atoms with van der Waals surface area (Å²) in [5.41, 5.74) is 6.00. The van der Waals surface area contributed by atoms with Gasteiger partial charge in [-0.05, 0) is 46.8 Å². The van der Waals surface area contributed by atoms with E-state index < -0.39 is 11.8 Å². The van der Waals surface area contributed by atoms with Crippen molar-refractivity contribution in [2.75, 3.05) is 0 Å². The minimum absolute atomic E-state index is 0.207. The number of aromatic nitrogens is 5. The fourth-order valence-electron chi connectivity index (χ4n) is 2.22. The molecule has 12 heteroatoms. The summed E-state index contributed by atoms with van der Waals surface area (Å²) < 4.78 is 2.11. The van der Waals surface area contributed by atoms with Crippen LogP contribution >= 0.6 is 34.3 Å². The smallest absolute Gasteiger partial charge is 0.267 e. The van der Waals surface area contributed by atoms with Crippen LogP contribution < -0.4 is 10.9 Å². The molecule has 0 aliphatic carbocycles. The molecule has 3 aromatic heterocycles. The molecule has 0 bridgehead atoms. The molecule has 0 saturated heterocycles. The molecule has 0 fully saturated rings. The van der Waals surface area contributed by atoms with Crippen LogP contribution in [0.3, 0.4) is 0 Å². The SMILES string of the molecule is O=C(NNC(=O)c1csc(-c2ccc(Cl)s2)n1)c1ccc(-n2cnnn2)cc1. The second-order valence-electron chi connectivity index (χ2n) is 5.35. The summed E-state index contributed by atoms with van der Waals surface area (Å²) in [5.74, 6) is -0.971. The van der Waals surface area contributed by atoms with Gasteiger partial charge in [-0.1, -0.05) is 11.6 Å². The Morgan fingerprint density at radius 1 is 1.04 bits per heavy atom. The first kappa shape index (κ1) is 18.2. The maximum Gasteiger partial charge on any atom is 0.289 e. The van der Waals surface area contributed by atoms with Crippen LogP contribution in [0.1, 0.15) is 20.8 Å². The van der Waals surface area contributed by atoms with Gasteiger partial charge in [0.25, 0.3) is 11.8 Å². The maximum absolute atomic E-state index is 12.2. The zero-order chi connectivity index (χ0) is 19.5. The van der Waals surface area contributed by atoms with Crippen molar-refractivity contribution in [3.63, 3.8) is 0 Å². The van der Waals surface area contributed by atoms with Gasteiger partial charge in [-0.25, -0.2) is 9.67 Å². The molecule has 2 amide bonds. The third kappa shape index (κ3) is 3.91. The Morgan fingerprint density at radius 2 is 1.82 bits per heavy atom. The first-order valence-corrected chi connectivity index (χ1v) is 9.83. The summed E-state index contributed by atoms with van der Waals surface area (Å²) in [6, 6.07) is 10.2. The summed E-state index contributed by atoms with van der Waals surface area (Å²) in [5, 5.41) is 13.2. The standard InChI is InChI=1S/C16H10ClN7O2S2/c17-13-6-5-12(28-13)16-19-11(7-27-16)15(26)21-20-14(25)9-1-3-10(4-2-9)24-8-18-22-23-24/h1-8H,(H,20,25)(H,21,26). The molecule has 0 atom stereocenters. The van der Waals surface area contributed by atoms with Crippen molar-refractivity contribution in [1.82, 2.24) is 36.0 Å². The molecule has 9 nitrogen and oxygen atoms in total. The molecular weight excluding hydrogens is 422 g/mol. The molecule has 4 aromatic rings. The predicted molar refractivity (Wildman–Crippen MR) is 105 cm³/mol. The number of hydrogen-bond donors (Lipinski definition) is 2. The highest BCUT2D eigenvalue weighted by Gasteiger charge is 2.14. The topological polar surface area (TPSA) is 115 Å². The Bertz CT molecular complexity index is 1120. The van der Waals surface area contributed by atoms with Gasteiger partial charge in [0, 0.05) is 10.9 Å². The highest BCUT2D eigenvalue weighted by molar-refractivity contribution is 7.23. The number of amides is 2. The minimum atomic E-state index is -0.510. The number of tetrazole rings is 1. The summed E-state index contributed by atoms with van der Waals surface area (Å²) in [7, 11) is 0. The molecule has 0 radical (unpaired) electrons. The van der Waals surface area contributed by atoms with E-state index >= 15 is 0 Å². The van der Waals surface area contributed by atoms with Gasteiger partial charge in [0.2, 0.25) is 0 Å². The van der Waals surface area contributed by atoms with Gasteiger partial charge in [-0.2, -0.15) is 0 Å². The average Bonchev–Trinajstić information content (AvgIpc) is 3.46. The third-order valence-electron chi connectivity index (χ3n) is 3.55. The van der Waals surface area contributed by atoms with Crippen molar-refractivity contribution >= 4 is 46.1 Å². The van der Waals surface area contributed by atoms with E-state index in [2.05, 4.69) is 31.4 Å². The molecule has 4 rings (SSSR count). The van der Waals surface area contributed by atoms with Crippen molar-refractivity contribution in [1.29, 1.82) is 0 Å². The lowest BCUT2D eigenvalue weighted by molar-refractivity contribution is 0.0844. The number of carbonyl (C=O) groups is 2. The number of rotatable bonds is 4.